The van der Waals surface area contributed by atoms with Crippen LogP contribution in [0.15, 0.2) is 0 Å². The van der Waals surface area contributed by atoms with Crippen molar-refractivity contribution >= 4 is 0 Å². The molecule has 1 aliphatic rings. The first-order valence-electron chi connectivity index (χ1n) is 10.1. The summed E-state index contributed by atoms with van der Waals surface area (Å²) in [4.78, 5) is 5.23. The third kappa shape index (κ3) is 11.1. The van der Waals surface area contributed by atoms with Gasteiger partial charge >= 0.3 is 0 Å². The van der Waals surface area contributed by atoms with Crippen LogP contribution in [0.5, 0.6) is 0 Å². The number of unbranched alkanes of at least 4 members (excludes halogenated alkanes) is 1. The van der Waals surface area contributed by atoms with Gasteiger partial charge in [0, 0.05) is 13.1 Å². The van der Waals surface area contributed by atoms with E-state index in [1.165, 1.54) is 58.3 Å². The minimum atomic E-state index is -0.0465. The summed E-state index contributed by atoms with van der Waals surface area (Å²) in [6.07, 6.45) is 8.58. The summed E-state index contributed by atoms with van der Waals surface area (Å²) in [6.45, 7) is 16.5. The van der Waals surface area contributed by atoms with E-state index >= 15 is 0 Å². The molecule has 0 amide bonds. The highest BCUT2D eigenvalue weighted by Crippen LogP contribution is 2.12. The molecule has 1 heterocycles. The van der Waals surface area contributed by atoms with Crippen LogP contribution in [0.1, 0.15) is 72.6 Å². The van der Waals surface area contributed by atoms with Gasteiger partial charge in [0.2, 0.25) is 0 Å². The zero-order valence-corrected chi connectivity index (χ0v) is 16.3. The Morgan fingerprint density at radius 2 is 1.48 bits per heavy atom. The van der Waals surface area contributed by atoms with E-state index < -0.39 is 0 Å². The van der Waals surface area contributed by atoms with E-state index in [0.29, 0.717) is 0 Å². The van der Waals surface area contributed by atoms with Gasteiger partial charge in [0.25, 0.3) is 0 Å². The topological polar surface area (TPSA) is 26.7 Å². The molecule has 23 heavy (non-hydrogen) atoms. The molecule has 1 fully saturated rings. The molecule has 0 aromatic heterocycles. The third-order valence-electron chi connectivity index (χ3n) is 5.03. The maximum absolute atomic E-state index is 9.59. The zero-order chi connectivity index (χ0) is 17.1. The van der Waals surface area contributed by atoms with Crippen molar-refractivity contribution in [1.82, 2.24) is 9.80 Å². The molecule has 3 nitrogen and oxygen atoms in total. The Morgan fingerprint density at radius 1 is 0.870 bits per heavy atom. The van der Waals surface area contributed by atoms with Crippen LogP contribution in [0.25, 0.3) is 0 Å². The molecule has 0 spiro atoms. The Hall–Kier alpha value is -0.120. The van der Waals surface area contributed by atoms with Gasteiger partial charge in [0.1, 0.15) is 0 Å². The van der Waals surface area contributed by atoms with Crippen molar-refractivity contribution in [2.75, 3.05) is 39.3 Å². The number of aliphatic hydroxyl groups excluding tert-OH is 1. The van der Waals surface area contributed by atoms with Gasteiger partial charge in [-0.3, -0.25) is 0 Å². The van der Waals surface area contributed by atoms with Crippen molar-refractivity contribution < 1.29 is 5.11 Å². The van der Waals surface area contributed by atoms with Gasteiger partial charge in [0.05, 0.1) is 6.10 Å². The van der Waals surface area contributed by atoms with E-state index in [2.05, 4.69) is 37.5 Å². The van der Waals surface area contributed by atoms with Crippen molar-refractivity contribution in [3.8, 4) is 0 Å². The van der Waals surface area contributed by atoms with Gasteiger partial charge in [-0.1, -0.05) is 40.5 Å². The maximum atomic E-state index is 9.59. The molecule has 0 aromatic carbocycles. The number of hydrogen-bond donors (Lipinski definition) is 1. The molecular formula is C20H42N2O. The second-order valence-electron chi connectivity index (χ2n) is 8.34. The zero-order valence-electron chi connectivity index (χ0n) is 16.3. The molecular weight excluding hydrogens is 284 g/mol. The molecule has 1 N–H and O–H groups in total. The normalized spacial score (nSPS) is 17.7. The molecule has 0 saturated carbocycles. The van der Waals surface area contributed by atoms with Crippen molar-refractivity contribution in [2.24, 2.45) is 11.8 Å². The van der Waals surface area contributed by atoms with Crippen LogP contribution in [0.3, 0.4) is 0 Å². The van der Waals surface area contributed by atoms with E-state index in [1.54, 1.807) is 0 Å². The van der Waals surface area contributed by atoms with E-state index in [1.807, 2.05) is 0 Å². The lowest BCUT2D eigenvalue weighted by molar-refractivity contribution is 0.0801. The first-order chi connectivity index (χ1) is 11.0. The van der Waals surface area contributed by atoms with Gasteiger partial charge in [-0.25, -0.2) is 0 Å². The summed E-state index contributed by atoms with van der Waals surface area (Å²) >= 11 is 0. The van der Waals surface area contributed by atoms with Crippen LogP contribution in [-0.2, 0) is 0 Å². The molecule has 0 atom stereocenters. The Labute approximate surface area is 145 Å². The molecule has 1 aliphatic heterocycles. The number of hydrogen-bond acceptors (Lipinski definition) is 3. The van der Waals surface area contributed by atoms with Crippen molar-refractivity contribution in [3.05, 3.63) is 0 Å². The predicted molar refractivity (Wildman–Crippen MR) is 101 cm³/mol. The van der Waals surface area contributed by atoms with Crippen molar-refractivity contribution in [1.29, 1.82) is 0 Å². The van der Waals surface area contributed by atoms with E-state index in [0.717, 1.165) is 37.8 Å². The first-order valence-corrected chi connectivity index (χ1v) is 10.1. The van der Waals surface area contributed by atoms with Gasteiger partial charge in [-0.2, -0.15) is 0 Å². The molecule has 0 aromatic rings. The molecule has 3 heteroatoms. The van der Waals surface area contributed by atoms with Crippen molar-refractivity contribution in [2.45, 2.75) is 78.7 Å². The minimum absolute atomic E-state index is 0.0465. The first kappa shape index (κ1) is 20.9. The molecule has 1 rings (SSSR count). The summed E-state index contributed by atoms with van der Waals surface area (Å²) in [5, 5.41) is 9.59. The van der Waals surface area contributed by atoms with Gasteiger partial charge < -0.3 is 14.9 Å². The number of likely N-dealkylation sites (tertiary alicyclic amines) is 1. The molecule has 0 bridgehead atoms. The number of piperidine rings is 1. The van der Waals surface area contributed by atoms with E-state index in [9.17, 15) is 5.11 Å². The fraction of sp³-hybridized carbons (Fsp3) is 1.00. The minimum Gasteiger partial charge on any atom is -0.393 e. The smallest absolute Gasteiger partial charge is 0.0564 e. The van der Waals surface area contributed by atoms with E-state index in [4.69, 9.17) is 0 Å². The fourth-order valence-corrected chi connectivity index (χ4v) is 3.33. The maximum Gasteiger partial charge on any atom is 0.0564 e. The van der Waals surface area contributed by atoms with E-state index in [-0.39, 0.29) is 6.10 Å². The average Bonchev–Trinajstić information content (AvgIpc) is 2.50. The van der Waals surface area contributed by atoms with Crippen molar-refractivity contribution in [3.63, 3.8) is 0 Å². The molecule has 0 unspecified atom stereocenters. The van der Waals surface area contributed by atoms with Gasteiger partial charge in [-0.05, 0) is 70.1 Å². The van der Waals surface area contributed by atoms with Crippen LogP contribution >= 0.6 is 0 Å². The highest BCUT2D eigenvalue weighted by molar-refractivity contribution is 4.71. The van der Waals surface area contributed by atoms with Crippen LogP contribution in [-0.4, -0.2) is 60.3 Å². The Bertz CT molecular complexity index is 273. The predicted octanol–water partition coefficient (Wildman–Crippen LogP) is 4.01. The second-order valence-corrected chi connectivity index (χ2v) is 8.34. The highest BCUT2D eigenvalue weighted by atomic mass is 16.3. The quantitative estimate of drug-likeness (QED) is 0.549. The average molecular weight is 327 g/mol. The van der Waals surface area contributed by atoms with Crippen LogP contribution in [0.4, 0.5) is 0 Å². The SMILES string of the molecule is CC(C)CCCCN(CCCN1CCC(O)CC1)CCC(C)C. The summed E-state index contributed by atoms with van der Waals surface area (Å²) in [6, 6.07) is 0. The van der Waals surface area contributed by atoms with Crippen LogP contribution < -0.4 is 0 Å². The standard InChI is InChI=1S/C20H42N2O/c1-18(2)8-5-6-12-21(15-9-19(3)4)13-7-14-22-16-10-20(23)11-17-22/h18-20,23H,5-17H2,1-4H3. The largest absolute Gasteiger partial charge is 0.393 e. The monoisotopic (exact) mass is 326 g/mol. The number of aliphatic hydroxyl groups is 1. The Morgan fingerprint density at radius 3 is 2.09 bits per heavy atom. The van der Waals surface area contributed by atoms with Gasteiger partial charge in [-0.15, -0.1) is 0 Å². The summed E-state index contributed by atoms with van der Waals surface area (Å²) in [5.74, 6) is 1.64. The summed E-state index contributed by atoms with van der Waals surface area (Å²) < 4.78 is 0. The molecule has 0 aliphatic carbocycles. The highest BCUT2D eigenvalue weighted by Gasteiger charge is 2.16. The summed E-state index contributed by atoms with van der Waals surface area (Å²) in [7, 11) is 0. The Balaban J connectivity index is 2.19. The molecule has 0 radical (unpaired) electrons. The molecule has 1 saturated heterocycles. The molecule has 138 valence electrons. The van der Waals surface area contributed by atoms with Crippen LogP contribution in [0.2, 0.25) is 0 Å². The van der Waals surface area contributed by atoms with Gasteiger partial charge in [0.15, 0.2) is 0 Å². The Kier molecular flexibility index (Phi) is 11.2. The fourth-order valence-electron chi connectivity index (χ4n) is 3.33. The summed E-state index contributed by atoms with van der Waals surface area (Å²) in [5.41, 5.74) is 0. The second kappa shape index (κ2) is 12.3. The lowest BCUT2D eigenvalue weighted by Gasteiger charge is -2.30. The number of rotatable bonds is 12. The van der Waals surface area contributed by atoms with Crippen LogP contribution in [0, 0.1) is 11.8 Å². The number of nitrogens with zero attached hydrogens (tertiary/aromatic N) is 2. The lowest BCUT2D eigenvalue weighted by atomic mass is 10.1. The lowest BCUT2D eigenvalue weighted by Crippen LogP contribution is -2.38. The third-order valence-corrected chi connectivity index (χ3v) is 5.03.